The van der Waals surface area contributed by atoms with Crippen LogP contribution in [-0.2, 0) is 21.6 Å². The Labute approximate surface area is 208 Å². The first-order chi connectivity index (χ1) is 17.2. The molecule has 1 amide bonds. The van der Waals surface area contributed by atoms with Crippen molar-refractivity contribution >= 4 is 28.5 Å². The number of carbonyl (C=O) groups excluding carboxylic acids is 1. The van der Waals surface area contributed by atoms with E-state index in [1.165, 1.54) is 4.68 Å². The Morgan fingerprint density at radius 2 is 2.00 bits per heavy atom. The molecule has 192 valence electrons. The van der Waals surface area contributed by atoms with Gasteiger partial charge in [-0.25, -0.2) is 9.48 Å². The summed E-state index contributed by atoms with van der Waals surface area (Å²) in [6, 6.07) is 4.31. The van der Waals surface area contributed by atoms with Crippen molar-refractivity contribution in [1.29, 1.82) is 0 Å². The molecule has 10 nitrogen and oxygen atoms in total. The molecule has 0 radical (unpaired) electrons. The van der Waals surface area contributed by atoms with Gasteiger partial charge in [-0.05, 0) is 43.9 Å². The number of aliphatic carboxylic acids is 1. The number of anilines is 1. The number of fused-ring (bicyclic) bond motifs is 1. The molecule has 4 rings (SSSR count). The maximum atomic E-state index is 13.3. The van der Waals surface area contributed by atoms with E-state index in [1.807, 2.05) is 6.92 Å². The van der Waals surface area contributed by atoms with E-state index in [1.54, 1.807) is 31.3 Å². The highest BCUT2D eigenvalue weighted by atomic mass is 16.4. The summed E-state index contributed by atoms with van der Waals surface area (Å²) in [5, 5.41) is 32.0. The number of hydrogen-bond acceptors (Lipinski definition) is 7. The molecule has 0 spiro atoms. The second-order valence-corrected chi connectivity index (χ2v) is 9.60. The van der Waals surface area contributed by atoms with Gasteiger partial charge < -0.3 is 19.9 Å². The summed E-state index contributed by atoms with van der Waals surface area (Å²) in [6.45, 7) is 3.72. The van der Waals surface area contributed by atoms with Gasteiger partial charge in [0.25, 0.3) is 0 Å². The van der Waals surface area contributed by atoms with Gasteiger partial charge in [0.15, 0.2) is 0 Å². The van der Waals surface area contributed by atoms with Crippen LogP contribution in [0.3, 0.4) is 0 Å². The van der Waals surface area contributed by atoms with E-state index in [0.717, 1.165) is 32.1 Å². The molecular formula is C26H32N4O6. The highest BCUT2D eigenvalue weighted by Gasteiger charge is 2.35. The first-order valence-corrected chi connectivity index (χ1v) is 12.5. The summed E-state index contributed by atoms with van der Waals surface area (Å²) in [6.07, 6.45) is 7.71. The van der Waals surface area contributed by atoms with Crippen molar-refractivity contribution in [3.05, 3.63) is 51.6 Å². The lowest BCUT2D eigenvalue weighted by Crippen LogP contribution is -2.29. The molecule has 3 N–H and O–H groups in total. The van der Waals surface area contributed by atoms with E-state index in [4.69, 9.17) is 9.52 Å². The second kappa shape index (κ2) is 10.6. The monoisotopic (exact) mass is 496 g/mol. The summed E-state index contributed by atoms with van der Waals surface area (Å²) >= 11 is 0. The molecule has 1 aliphatic carbocycles. The Morgan fingerprint density at radius 3 is 2.69 bits per heavy atom. The average Bonchev–Trinajstić information content (AvgIpc) is 3.33. The van der Waals surface area contributed by atoms with E-state index in [2.05, 4.69) is 15.6 Å². The molecule has 36 heavy (non-hydrogen) atoms. The number of rotatable bonds is 9. The Hall–Kier alpha value is -3.53. The summed E-state index contributed by atoms with van der Waals surface area (Å²) in [5.41, 5.74) is 0.131. The second-order valence-electron chi connectivity index (χ2n) is 9.60. The van der Waals surface area contributed by atoms with E-state index < -0.39 is 29.7 Å². The fourth-order valence-electron chi connectivity index (χ4n) is 4.87. The van der Waals surface area contributed by atoms with Gasteiger partial charge in [0.05, 0.1) is 18.2 Å². The average molecular weight is 497 g/mol. The number of benzene rings is 1. The molecule has 1 atom stereocenters. The van der Waals surface area contributed by atoms with E-state index in [0.29, 0.717) is 41.6 Å². The Morgan fingerprint density at radius 1 is 1.25 bits per heavy atom. The van der Waals surface area contributed by atoms with E-state index >= 15 is 0 Å². The van der Waals surface area contributed by atoms with Gasteiger partial charge in [-0.1, -0.05) is 44.2 Å². The zero-order valence-corrected chi connectivity index (χ0v) is 20.6. The van der Waals surface area contributed by atoms with Crippen molar-refractivity contribution in [3.63, 3.8) is 0 Å². The highest BCUT2D eigenvalue weighted by molar-refractivity contribution is 5.96. The molecule has 3 aromatic rings. The summed E-state index contributed by atoms with van der Waals surface area (Å²) in [4.78, 5) is 36.7. The summed E-state index contributed by atoms with van der Waals surface area (Å²) in [5.74, 6) is -1.41. The molecule has 10 heteroatoms. The van der Waals surface area contributed by atoms with Crippen LogP contribution in [0, 0.1) is 6.92 Å². The third-order valence-corrected chi connectivity index (χ3v) is 7.00. The molecule has 0 aliphatic heterocycles. The van der Waals surface area contributed by atoms with Crippen LogP contribution in [0.1, 0.15) is 81.2 Å². The van der Waals surface area contributed by atoms with Gasteiger partial charge in [0.1, 0.15) is 22.9 Å². The van der Waals surface area contributed by atoms with Crippen molar-refractivity contribution in [3.8, 4) is 0 Å². The number of aryl methyl sites for hydroxylation is 1. The first-order valence-electron chi connectivity index (χ1n) is 12.5. The van der Waals surface area contributed by atoms with Crippen molar-refractivity contribution in [2.45, 2.75) is 83.3 Å². The first kappa shape index (κ1) is 25.6. The van der Waals surface area contributed by atoms with E-state index in [9.17, 15) is 19.5 Å². The molecule has 1 saturated carbocycles. The van der Waals surface area contributed by atoms with Crippen LogP contribution in [0.25, 0.3) is 11.0 Å². The molecule has 2 heterocycles. The lowest BCUT2D eigenvalue weighted by molar-refractivity contribution is -0.136. The van der Waals surface area contributed by atoms with Gasteiger partial charge in [0, 0.05) is 17.1 Å². The van der Waals surface area contributed by atoms with E-state index in [-0.39, 0.29) is 17.1 Å². The van der Waals surface area contributed by atoms with Gasteiger partial charge >= 0.3 is 11.6 Å². The molecule has 1 aromatic carbocycles. The van der Waals surface area contributed by atoms with Crippen LogP contribution < -0.4 is 10.9 Å². The molecular weight excluding hydrogens is 464 g/mol. The quantitative estimate of drug-likeness (QED) is 0.379. The molecule has 1 fully saturated rings. The normalized spacial score (nSPS) is 16.1. The van der Waals surface area contributed by atoms with Crippen LogP contribution in [0.5, 0.6) is 0 Å². The molecule has 2 aromatic heterocycles. The topological polar surface area (TPSA) is 148 Å². The lowest BCUT2D eigenvalue weighted by Gasteiger charge is -2.29. The fraction of sp³-hybridized carbons (Fsp3) is 0.500. The van der Waals surface area contributed by atoms with Crippen LogP contribution in [-0.4, -0.2) is 37.1 Å². The number of amides is 1. The summed E-state index contributed by atoms with van der Waals surface area (Å²) < 4.78 is 6.89. The predicted octanol–water partition coefficient (Wildman–Crippen LogP) is 3.84. The third kappa shape index (κ3) is 5.33. The van der Waals surface area contributed by atoms with Crippen molar-refractivity contribution in [2.24, 2.45) is 0 Å². The summed E-state index contributed by atoms with van der Waals surface area (Å²) in [7, 11) is 0. The molecule has 0 unspecified atom stereocenters. The van der Waals surface area contributed by atoms with Crippen molar-refractivity contribution < 1.29 is 24.2 Å². The number of aromatic nitrogens is 3. The minimum Gasteiger partial charge on any atom is -0.481 e. The fourth-order valence-corrected chi connectivity index (χ4v) is 4.87. The largest absolute Gasteiger partial charge is 0.481 e. The van der Waals surface area contributed by atoms with Crippen molar-refractivity contribution in [1.82, 2.24) is 15.0 Å². The minimum absolute atomic E-state index is 0.105. The number of aliphatic hydroxyl groups is 1. The van der Waals surface area contributed by atoms with Crippen LogP contribution in [0.2, 0.25) is 0 Å². The van der Waals surface area contributed by atoms with Crippen molar-refractivity contribution in [2.75, 3.05) is 5.32 Å². The van der Waals surface area contributed by atoms with Crippen LogP contribution in [0.4, 0.5) is 5.69 Å². The number of unbranched alkanes of at least 4 members (excludes halogenated alkanes) is 1. The number of carbonyl (C=O) groups is 2. The molecule has 1 aliphatic rings. The maximum absolute atomic E-state index is 13.3. The molecule has 0 saturated heterocycles. The number of hydrogen-bond donors (Lipinski definition) is 3. The zero-order valence-electron chi connectivity index (χ0n) is 20.6. The number of carboxylic acid groups (broad SMARTS) is 1. The Kier molecular flexibility index (Phi) is 7.53. The minimum atomic E-state index is -1.11. The van der Waals surface area contributed by atoms with Gasteiger partial charge in [0.2, 0.25) is 5.91 Å². The van der Waals surface area contributed by atoms with Gasteiger partial charge in [-0.15, -0.1) is 5.10 Å². The zero-order chi connectivity index (χ0) is 25.9. The Balaban J connectivity index is 1.58. The van der Waals surface area contributed by atoms with Crippen LogP contribution >= 0.6 is 0 Å². The maximum Gasteiger partial charge on any atom is 0.340 e. The van der Waals surface area contributed by atoms with Gasteiger partial charge in [-0.3, -0.25) is 9.59 Å². The van der Waals surface area contributed by atoms with Gasteiger partial charge in [-0.2, -0.15) is 0 Å². The van der Waals surface area contributed by atoms with Crippen LogP contribution in [0.15, 0.2) is 33.6 Å². The standard InChI is InChI=1S/C26H32N4O6/c1-3-4-8-20(30-15-22(28-29-30)26(35)11-6-5-7-12-26)24(33)27-17-9-10-18-16(2)19(14-23(31)32)25(34)36-21(18)13-17/h9-10,13,15,20,35H,3-8,11-12,14H2,1-2H3,(H,27,33)(H,31,32)/t20-/m0/s1. The predicted molar refractivity (Wildman–Crippen MR) is 133 cm³/mol. The number of carboxylic acids is 1. The highest BCUT2D eigenvalue weighted by Crippen LogP contribution is 2.36. The lowest BCUT2D eigenvalue weighted by atomic mass is 9.83. The number of nitrogens with one attached hydrogen (secondary N) is 1. The smallest absolute Gasteiger partial charge is 0.340 e. The SMILES string of the molecule is CCCC[C@@H](C(=O)Nc1ccc2c(C)c(CC(=O)O)c(=O)oc2c1)n1cc(C2(O)CCCCC2)nn1. The molecule has 0 bridgehead atoms. The third-order valence-electron chi connectivity index (χ3n) is 7.00. The number of nitrogens with zero attached hydrogens (tertiary/aromatic N) is 3. The Bertz CT molecular complexity index is 1320.